The first-order chi connectivity index (χ1) is 18.1. The Kier molecular flexibility index (Phi) is 9.61. The number of amides is 2. The molecule has 2 amide bonds. The Balaban J connectivity index is 1.32. The Bertz CT molecular complexity index is 1110. The molecule has 37 heavy (non-hydrogen) atoms. The number of halogens is 1. The lowest BCUT2D eigenvalue weighted by atomic mass is 10.0. The Hall–Kier alpha value is -3.31. The van der Waals surface area contributed by atoms with Gasteiger partial charge in [0.15, 0.2) is 11.5 Å². The number of rotatable bonds is 10. The van der Waals surface area contributed by atoms with Gasteiger partial charge in [-0.2, -0.15) is 16.9 Å². The Morgan fingerprint density at radius 3 is 2.62 bits per heavy atom. The number of anilines is 1. The number of nitrogens with one attached hydrogen (secondary N) is 1. The summed E-state index contributed by atoms with van der Waals surface area (Å²) < 4.78 is 28.3. The van der Waals surface area contributed by atoms with Crippen LogP contribution in [0.2, 0.25) is 0 Å². The normalized spacial score (nSPS) is 16.2. The third kappa shape index (κ3) is 7.59. The van der Waals surface area contributed by atoms with Crippen LogP contribution >= 0.6 is 11.8 Å². The van der Waals surface area contributed by atoms with Crippen molar-refractivity contribution in [3.8, 4) is 11.5 Å². The number of hydrogen-bond donors (Lipinski definition) is 1. The third-order valence-corrected chi connectivity index (χ3v) is 7.03. The molecule has 2 aliphatic rings. The van der Waals surface area contributed by atoms with Crippen LogP contribution in [0, 0.1) is 0 Å². The number of ether oxygens (including phenoxy) is 3. The molecular weight excluding hydrogens is 499 g/mol. The molecule has 198 valence electrons. The number of hydrazone groups is 1. The summed E-state index contributed by atoms with van der Waals surface area (Å²) in [4.78, 5) is 26.9. The summed E-state index contributed by atoms with van der Waals surface area (Å²) in [5.41, 5.74) is 2.90. The van der Waals surface area contributed by atoms with Gasteiger partial charge in [0, 0.05) is 55.2 Å². The van der Waals surface area contributed by atoms with E-state index in [2.05, 4.69) is 15.3 Å². The molecule has 1 N–H and O–H groups in total. The molecule has 1 saturated heterocycles. The maximum atomic E-state index is 12.8. The second-order valence-corrected chi connectivity index (χ2v) is 9.75. The first-order valence-electron chi connectivity index (χ1n) is 12.1. The summed E-state index contributed by atoms with van der Waals surface area (Å²) in [6, 6.07) is 12.4. The van der Waals surface area contributed by atoms with Gasteiger partial charge in [-0.3, -0.25) is 15.0 Å². The average molecular weight is 531 g/mol. The lowest BCUT2D eigenvalue weighted by Gasteiger charge is -2.25. The molecule has 9 nitrogen and oxygen atoms in total. The summed E-state index contributed by atoms with van der Waals surface area (Å²) in [5, 5.41) is 8.70. The molecular formula is C26H31FN4O5S. The van der Waals surface area contributed by atoms with Crippen molar-refractivity contribution in [1.29, 1.82) is 0 Å². The van der Waals surface area contributed by atoms with Crippen LogP contribution in [0.25, 0.3) is 0 Å². The number of carbonyl (C=O) groups excluding carboxylic acids is 2. The molecule has 0 bridgehead atoms. The highest BCUT2D eigenvalue weighted by Crippen LogP contribution is 2.30. The van der Waals surface area contributed by atoms with Crippen molar-refractivity contribution in [3.63, 3.8) is 0 Å². The highest BCUT2D eigenvalue weighted by Gasteiger charge is 2.22. The summed E-state index contributed by atoms with van der Waals surface area (Å²) in [6.45, 7) is 2.44. The Labute approximate surface area is 219 Å². The highest BCUT2D eigenvalue weighted by atomic mass is 32.2. The number of methoxy groups -OCH3 is 1. The van der Waals surface area contributed by atoms with Crippen LogP contribution < -0.4 is 14.8 Å². The van der Waals surface area contributed by atoms with E-state index in [0.717, 1.165) is 42.3 Å². The van der Waals surface area contributed by atoms with Gasteiger partial charge in [-0.15, -0.1) is 0 Å². The first kappa shape index (κ1) is 26.7. The molecule has 0 radical (unpaired) electrons. The van der Waals surface area contributed by atoms with E-state index in [-0.39, 0.29) is 18.2 Å². The first-order valence-corrected chi connectivity index (χ1v) is 13.3. The summed E-state index contributed by atoms with van der Waals surface area (Å²) in [5.74, 6) is 2.85. The smallest absolute Gasteiger partial charge is 0.411 e. The van der Waals surface area contributed by atoms with E-state index in [0.29, 0.717) is 36.6 Å². The molecule has 2 aromatic carbocycles. The molecule has 0 aromatic heterocycles. The molecule has 0 aliphatic carbocycles. The predicted octanol–water partition coefficient (Wildman–Crippen LogP) is 4.13. The molecule has 2 aliphatic heterocycles. The van der Waals surface area contributed by atoms with E-state index in [1.807, 2.05) is 30.0 Å². The van der Waals surface area contributed by atoms with Crippen molar-refractivity contribution in [2.45, 2.75) is 19.4 Å². The van der Waals surface area contributed by atoms with Gasteiger partial charge in [0.25, 0.3) is 0 Å². The number of thioether (sulfide) groups is 1. The molecule has 2 heterocycles. The van der Waals surface area contributed by atoms with Crippen LogP contribution in [0.3, 0.4) is 0 Å². The van der Waals surface area contributed by atoms with E-state index in [1.165, 1.54) is 12.1 Å². The SMILES string of the molecule is COc1ccc(C2=NN(Cc3ccc(NC(=O)OCCN4CCSCC4)cc3)C(=O)CC2)cc1OCF. The summed E-state index contributed by atoms with van der Waals surface area (Å²) in [6.07, 6.45) is 0.292. The van der Waals surface area contributed by atoms with Gasteiger partial charge in [-0.1, -0.05) is 12.1 Å². The van der Waals surface area contributed by atoms with Crippen molar-refractivity contribution in [2.24, 2.45) is 5.10 Å². The fourth-order valence-electron chi connectivity index (χ4n) is 4.07. The highest BCUT2D eigenvalue weighted by molar-refractivity contribution is 7.99. The molecule has 0 unspecified atom stereocenters. The van der Waals surface area contributed by atoms with Crippen LogP contribution in [-0.4, -0.2) is 79.3 Å². The third-order valence-electron chi connectivity index (χ3n) is 6.09. The Morgan fingerprint density at radius 2 is 1.89 bits per heavy atom. The lowest BCUT2D eigenvalue weighted by molar-refractivity contribution is -0.132. The largest absolute Gasteiger partial charge is 0.493 e. The van der Waals surface area contributed by atoms with E-state index in [1.54, 1.807) is 24.3 Å². The molecule has 0 saturated carbocycles. The van der Waals surface area contributed by atoms with Gasteiger partial charge in [0.2, 0.25) is 12.8 Å². The number of hydrogen-bond acceptors (Lipinski definition) is 8. The van der Waals surface area contributed by atoms with Crippen molar-refractivity contribution >= 4 is 35.2 Å². The molecule has 11 heteroatoms. The van der Waals surface area contributed by atoms with Crippen LogP contribution in [0.15, 0.2) is 47.6 Å². The van der Waals surface area contributed by atoms with Gasteiger partial charge < -0.3 is 14.2 Å². The Morgan fingerprint density at radius 1 is 1.11 bits per heavy atom. The minimum atomic E-state index is -0.975. The number of nitrogens with zero attached hydrogens (tertiary/aromatic N) is 3. The second kappa shape index (κ2) is 13.3. The number of alkyl halides is 1. The maximum absolute atomic E-state index is 12.8. The van der Waals surface area contributed by atoms with Gasteiger partial charge in [0.1, 0.15) is 6.61 Å². The zero-order chi connectivity index (χ0) is 26.0. The van der Waals surface area contributed by atoms with Crippen molar-refractivity contribution in [1.82, 2.24) is 9.91 Å². The maximum Gasteiger partial charge on any atom is 0.411 e. The van der Waals surface area contributed by atoms with Crippen LogP contribution in [0.1, 0.15) is 24.0 Å². The molecule has 4 rings (SSSR count). The van der Waals surface area contributed by atoms with Gasteiger partial charge in [-0.25, -0.2) is 14.2 Å². The van der Waals surface area contributed by atoms with E-state index < -0.39 is 13.0 Å². The van der Waals surface area contributed by atoms with E-state index in [9.17, 15) is 14.0 Å². The lowest BCUT2D eigenvalue weighted by Crippen LogP contribution is -2.35. The number of benzene rings is 2. The predicted molar refractivity (Wildman–Crippen MR) is 141 cm³/mol. The van der Waals surface area contributed by atoms with E-state index >= 15 is 0 Å². The van der Waals surface area contributed by atoms with Crippen molar-refractivity contribution in [3.05, 3.63) is 53.6 Å². The van der Waals surface area contributed by atoms with E-state index in [4.69, 9.17) is 14.2 Å². The molecule has 0 atom stereocenters. The van der Waals surface area contributed by atoms with Gasteiger partial charge in [-0.05, 0) is 35.9 Å². The fraction of sp³-hybridized carbons (Fsp3) is 0.423. The van der Waals surface area contributed by atoms with Crippen molar-refractivity contribution < 1.29 is 28.2 Å². The molecule has 2 aromatic rings. The standard InChI is InChI=1S/C26H31FN4O5S/c1-34-23-8-4-20(16-24(23)36-18-27)22-7-9-25(32)31(29-22)17-19-2-5-21(6-3-19)28-26(33)35-13-10-30-11-14-37-15-12-30/h2-6,8,16H,7,9-15,17-18H2,1H3,(H,28,33). The van der Waals surface area contributed by atoms with Gasteiger partial charge in [0.05, 0.1) is 19.4 Å². The quantitative estimate of drug-likeness (QED) is 0.494. The van der Waals surface area contributed by atoms with Crippen LogP contribution in [-0.2, 0) is 16.1 Å². The zero-order valence-corrected chi connectivity index (χ0v) is 21.6. The number of carbonyl (C=O) groups is 2. The fourth-order valence-corrected chi connectivity index (χ4v) is 5.05. The monoisotopic (exact) mass is 530 g/mol. The zero-order valence-electron chi connectivity index (χ0n) is 20.8. The minimum absolute atomic E-state index is 0.0874. The van der Waals surface area contributed by atoms with Gasteiger partial charge >= 0.3 is 6.09 Å². The van der Waals surface area contributed by atoms with Crippen LogP contribution in [0.4, 0.5) is 14.9 Å². The minimum Gasteiger partial charge on any atom is -0.493 e. The summed E-state index contributed by atoms with van der Waals surface area (Å²) >= 11 is 1.94. The molecule has 1 fully saturated rings. The topological polar surface area (TPSA) is 92.7 Å². The van der Waals surface area contributed by atoms with Crippen LogP contribution in [0.5, 0.6) is 11.5 Å². The molecule has 0 spiro atoms. The summed E-state index contributed by atoms with van der Waals surface area (Å²) in [7, 11) is 1.48. The average Bonchev–Trinajstić information content (AvgIpc) is 2.92. The van der Waals surface area contributed by atoms with Crippen molar-refractivity contribution in [2.75, 3.05) is 57.0 Å². The second-order valence-electron chi connectivity index (χ2n) is 8.53.